The molecule has 3 nitrogen and oxygen atoms in total. The van der Waals surface area contributed by atoms with Gasteiger partial charge >= 0.3 is 0 Å². The van der Waals surface area contributed by atoms with E-state index in [0.717, 1.165) is 32.4 Å². The first kappa shape index (κ1) is 15.4. The van der Waals surface area contributed by atoms with Crippen molar-refractivity contribution >= 4 is 5.91 Å². The summed E-state index contributed by atoms with van der Waals surface area (Å²) in [6, 6.07) is 0.529. The number of hydrogen-bond donors (Lipinski definition) is 2. The standard InChI is InChI=1S/C13H28N2O/c1-11(2)7-5-8-13(16)15-10-6-9-14-12(3)4/h11-12,14H,5-10H2,1-4H3,(H,15,16). The second-order valence-electron chi connectivity index (χ2n) is 5.10. The van der Waals surface area contributed by atoms with E-state index in [2.05, 4.69) is 38.3 Å². The highest BCUT2D eigenvalue weighted by Gasteiger charge is 2.01. The van der Waals surface area contributed by atoms with Crippen LogP contribution >= 0.6 is 0 Å². The van der Waals surface area contributed by atoms with Crippen LogP contribution in [0.15, 0.2) is 0 Å². The largest absolute Gasteiger partial charge is 0.356 e. The SMILES string of the molecule is CC(C)CCCC(=O)NCCCNC(C)C. The van der Waals surface area contributed by atoms with E-state index in [1.54, 1.807) is 0 Å². The summed E-state index contributed by atoms with van der Waals surface area (Å²) >= 11 is 0. The molecule has 16 heavy (non-hydrogen) atoms. The van der Waals surface area contributed by atoms with Crippen LogP contribution in [0.4, 0.5) is 0 Å². The highest BCUT2D eigenvalue weighted by atomic mass is 16.1. The predicted molar refractivity (Wildman–Crippen MR) is 69.5 cm³/mol. The molecule has 0 atom stereocenters. The van der Waals surface area contributed by atoms with Crippen LogP contribution in [0.25, 0.3) is 0 Å². The second kappa shape index (κ2) is 9.64. The maximum atomic E-state index is 11.4. The van der Waals surface area contributed by atoms with Gasteiger partial charge in [0.05, 0.1) is 0 Å². The van der Waals surface area contributed by atoms with E-state index in [-0.39, 0.29) is 5.91 Å². The van der Waals surface area contributed by atoms with Gasteiger partial charge in [-0.25, -0.2) is 0 Å². The van der Waals surface area contributed by atoms with Gasteiger partial charge in [-0.1, -0.05) is 34.1 Å². The molecule has 2 N–H and O–H groups in total. The number of amides is 1. The monoisotopic (exact) mass is 228 g/mol. The fraction of sp³-hybridized carbons (Fsp3) is 0.923. The summed E-state index contributed by atoms with van der Waals surface area (Å²) in [6.45, 7) is 10.4. The van der Waals surface area contributed by atoms with Gasteiger partial charge in [0.25, 0.3) is 0 Å². The highest BCUT2D eigenvalue weighted by Crippen LogP contribution is 2.05. The Morgan fingerprint density at radius 3 is 2.31 bits per heavy atom. The molecule has 0 bridgehead atoms. The molecule has 3 heteroatoms. The number of rotatable bonds is 9. The van der Waals surface area contributed by atoms with Crippen molar-refractivity contribution in [3.63, 3.8) is 0 Å². The summed E-state index contributed by atoms with van der Waals surface area (Å²) in [5.41, 5.74) is 0. The fourth-order valence-corrected chi connectivity index (χ4v) is 1.47. The minimum absolute atomic E-state index is 0.199. The number of hydrogen-bond acceptors (Lipinski definition) is 2. The van der Waals surface area contributed by atoms with Crippen LogP contribution in [-0.4, -0.2) is 25.0 Å². The Hall–Kier alpha value is -0.570. The fourth-order valence-electron chi connectivity index (χ4n) is 1.47. The molecule has 0 aromatic heterocycles. The predicted octanol–water partition coefficient (Wildman–Crippen LogP) is 2.32. The van der Waals surface area contributed by atoms with E-state index in [1.165, 1.54) is 0 Å². The van der Waals surface area contributed by atoms with Crippen LogP contribution in [0.5, 0.6) is 0 Å². The average Bonchev–Trinajstić information content (AvgIpc) is 2.16. The molecule has 0 spiro atoms. The molecule has 0 saturated carbocycles. The lowest BCUT2D eigenvalue weighted by Crippen LogP contribution is -2.29. The lowest BCUT2D eigenvalue weighted by Gasteiger charge is -2.09. The maximum absolute atomic E-state index is 11.4. The van der Waals surface area contributed by atoms with Crippen LogP contribution in [-0.2, 0) is 4.79 Å². The topological polar surface area (TPSA) is 41.1 Å². The zero-order chi connectivity index (χ0) is 12.4. The van der Waals surface area contributed by atoms with E-state index >= 15 is 0 Å². The van der Waals surface area contributed by atoms with E-state index in [9.17, 15) is 4.79 Å². The minimum Gasteiger partial charge on any atom is -0.356 e. The van der Waals surface area contributed by atoms with Gasteiger partial charge in [0.2, 0.25) is 5.91 Å². The second-order valence-corrected chi connectivity index (χ2v) is 5.10. The molecule has 1 amide bonds. The zero-order valence-corrected chi connectivity index (χ0v) is 11.3. The quantitative estimate of drug-likeness (QED) is 0.595. The van der Waals surface area contributed by atoms with E-state index in [0.29, 0.717) is 18.4 Å². The van der Waals surface area contributed by atoms with Gasteiger partial charge in [0, 0.05) is 19.0 Å². The Kier molecular flexibility index (Phi) is 9.30. The molecule has 0 radical (unpaired) electrons. The maximum Gasteiger partial charge on any atom is 0.219 e. The van der Waals surface area contributed by atoms with Gasteiger partial charge in [0.1, 0.15) is 0 Å². The third kappa shape index (κ3) is 11.5. The van der Waals surface area contributed by atoms with Crippen molar-refractivity contribution in [3.05, 3.63) is 0 Å². The van der Waals surface area contributed by atoms with Gasteiger partial charge in [0.15, 0.2) is 0 Å². The summed E-state index contributed by atoms with van der Waals surface area (Å²) in [5.74, 6) is 0.897. The molecule has 0 aliphatic rings. The first-order valence-corrected chi connectivity index (χ1v) is 6.52. The van der Waals surface area contributed by atoms with Crippen molar-refractivity contribution in [1.82, 2.24) is 10.6 Å². The van der Waals surface area contributed by atoms with E-state index < -0.39 is 0 Å². The highest BCUT2D eigenvalue weighted by molar-refractivity contribution is 5.75. The van der Waals surface area contributed by atoms with Crippen LogP contribution in [0.3, 0.4) is 0 Å². The molecular weight excluding hydrogens is 200 g/mol. The third-order valence-corrected chi connectivity index (χ3v) is 2.41. The Morgan fingerprint density at radius 2 is 1.75 bits per heavy atom. The lowest BCUT2D eigenvalue weighted by molar-refractivity contribution is -0.121. The molecule has 0 saturated heterocycles. The summed E-state index contributed by atoms with van der Waals surface area (Å²) in [6.07, 6.45) is 3.83. The molecule has 0 aromatic carbocycles. The number of carbonyl (C=O) groups is 1. The molecule has 0 rings (SSSR count). The zero-order valence-electron chi connectivity index (χ0n) is 11.3. The first-order chi connectivity index (χ1) is 7.52. The molecule has 0 fully saturated rings. The average molecular weight is 228 g/mol. The summed E-state index contributed by atoms with van der Waals surface area (Å²) in [5, 5.41) is 6.28. The Morgan fingerprint density at radius 1 is 1.06 bits per heavy atom. The third-order valence-electron chi connectivity index (χ3n) is 2.41. The molecule has 0 heterocycles. The van der Waals surface area contributed by atoms with Crippen molar-refractivity contribution < 1.29 is 4.79 Å². The van der Waals surface area contributed by atoms with E-state index in [4.69, 9.17) is 0 Å². The van der Waals surface area contributed by atoms with Crippen molar-refractivity contribution in [2.24, 2.45) is 5.92 Å². The van der Waals surface area contributed by atoms with Crippen molar-refractivity contribution in [2.45, 2.75) is 59.4 Å². The van der Waals surface area contributed by atoms with Crippen molar-refractivity contribution in [2.75, 3.05) is 13.1 Å². The van der Waals surface area contributed by atoms with Crippen LogP contribution < -0.4 is 10.6 Å². The molecule has 0 unspecified atom stereocenters. The Labute approximate surface area is 100 Å². The van der Waals surface area contributed by atoms with Crippen molar-refractivity contribution in [3.8, 4) is 0 Å². The van der Waals surface area contributed by atoms with Crippen molar-refractivity contribution in [1.29, 1.82) is 0 Å². The van der Waals surface area contributed by atoms with Gasteiger partial charge < -0.3 is 10.6 Å². The Balaban J connectivity index is 3.24. The van der Waals surface area contributed by atoms with Gasteiger partial charge in [-0.05, 0) is 25.3 Å². The molecule has 0 aliphatic carbocycles. The van der Waals surface area contributed by atoms with Gasteiger partial charge in [-0.3, -0.25) is 4.79 Å². The lowest BCUT2D eigenvalue weighted by atomic mass is 10.1. The minimum atomic E-state index is 0.199. The Bertz CT molecular complexity index is 179. The summed E-state index contributed by atoms with van der Waals surface area (Å²) < 4.78 is 0. The van der Waals surface area contributed by atoms with Crippen LogP contribution in [0.2, 0.25) is 0 Å². The van der Waals surface area contributed by atoms with Gasteiger partial charge in [-0.2, -0.15) is 0 Å². The summed E-state index contributed by atoms with van der Waals surface area (Å²) in [7, 11) is 0. The number of carbonyl (C=O) groups excluding carboxylic acids is 1. The molecule has 0 aromatic rings. The summed E-state index contributed by atoms with van der Waals surface area (Å²) in [4.78, 5) is 11.4. The molecule has 0 aliphatic heterocycles. The first-order valence-electron chi connectivity index (χ1n) is 6.52. The normalized spacial score (nSPS) is 11.1. The van der Waals surface area contributed by atoms with Crippen LogP contribution in [0, 0.1) is 5.92 Å². The van der Waals surface area contributed by atoms with E-state index in [1.807, 2.05) is 0 Å². The van der Waals surface area contributed by atoms with Gasteiger partial charge in [-0.15, -0.1) is 0 Å². The van der Waals surface area contributed by atoms with Crippen LogP contribution in [0.1, 0.15) is 53.4 Å². The smallest absolute Gasteiger partial charge is 0.219 e. The molecule has 96 valence electrons. The number of nitrogens with one attached hydrogen (secondary N) is 2. The molecular formula is C13H28N2O.